The molecule has 2 N–H and O–H groups in total. The summed E-state index contributed by atoms with van der Waals surface area (Å²) in [5, 5.41) is 0. The lowest BCUT2D eigenvalue weighted by molar-refractivity contribution is -0.128. The fraction of sp³-hybridized carbons (Fsp3) is 0.667. The van der Waals surface area contributed by atoms with E-state index in [9.17, 15) is 4.79 Å². The molecular formula is C21H30ClNO. The molecule has 4 bridgehead atoms. The van der Waals surface area contributed by atoms with Crippen LogP contribution in [-0.4, -0.2) is 11.8 Å². The normalized spacial score (nSPS) is 34.6. The Bertz CT molecular complexity index is 535. The summed E-state index contributed by atoms with van der Waals surface area (Å²) in [6.07, 6.45) is 10.7. The molecule has 0 radical (unpaired) electrons. The van der Waals surface area contributed by atoms with Gasteiger partial charge in [-0.15, -0.1) is 12.4 Å². The van der Waals surface area contributed by atoms with Gasteiger partial charge in [-0.25, -0.2) is 0 Å². The fourth-order valence-electron chi connectivity index (χ4n) is 6.14. The predicted octanol–water partition coefficient (Wildman–Crippen LogP) is 4.54. The molecule has 0 amide bonds. The number of benzene rings is 1. The van der Waals surface area contributed by atoms with Crippen molar-refractivity contribution in [3.05, 3.63) is 35.9 Å². The lowest BCUT2D eigenvalue weighted by Gasteiger charge is -2.57. The predicted molar refractivity (Wildman–Crippen MR) is 100 cm³/mol. The van der Waals surface area contributed by atoms with Crippen LogP contribution in [0.5, 0.6) is 0 Å². The van der Waals surface area contributed by atoms with Crippen LogP contribution in [0.1, 0.15) is 56.9 Å². The van der Waals surface area contributed by atoms with E-state index in [0.29, 0.717) is 11.2 Å². The number of Topliss-reactive ketones (excluding diaryl/α,β-unsaturated/α-hetero) is 1. The topological polar surface area (TPSA) is 43.1 Å². The van der Waals surface area contributed by atoms with Crippen molar-refractivity contribution in [3.63, 3.8) is 0 Å². The van der Waals surface area contributed by atoms with E-state index in [1.54, 1.807) is 0 Å². The lowest BCUT2D eigenvalue weighted by atomic mass is 9.48. The summed E-state index contributed by atoms with van der Waals surface area (Å²) in [5.74, 6) is 3.06. The van der Waals surface area contributed by atoms with Crippen LogP contribution in [0.2, 0.25) is 0 Å². The highest BCUT2D eigenvalue weighted by atomic mass is 35.5. The van der Waals surface area contributed by atoms with E-state index in [1.807, 2.05) is 6.07 Å². The molecule has 4 saturated carbocycles. The van der Waals surface area contributed by atoms with Gasteiger partial charge in [-0.3, -0.25) is 4.79 Å². The van der Waals surface area contributed by atoms with Crippen LogP contribution in [0.15, 0.2) is 30.3 Å². The number of aryl methyl sites for hydroxylation is 1. The molecule has 1 atom stereocenters. The Balaban J connectivity index is 0.00000169. The first-order valence-electron chi connectivity index (χ1n) is 9.44. The zero-order chi connectivity index (χ0) is 15.9. The smallest absolute Gasteiger partial charge is 0.150 e. The molecule has 0 unspecified atom stereocenters. The minimum Gasteiger partial charge on any atom is -0.321 e. The third-order valence-corrected chi connectivity index (χ3v) is 6.71. The Morgan fingerprint density at radius 2 is 1.58 bits per heavy atom. The molecule has 5 rings (SSSR count). The molecule has 0 saturated heterocycles. The summed E-state index contributed by atoms with van der Waals surface area (Å²) in [6.45, 7) is 0. The van der Waals surface area contributed by atoms with E-state index in [4.69, 9.17) is 5.73 Å². The highest BCUT2D eigenvalue weighted by molar-refractivity contribution is 5.85. The fourth-order valence-corrected chi connectivity index (χ4v) is 6.14. The number of hydrogen-bond donors (Lipinski definition) is 1. The number of rotatable bonds is 6. The molecular weight excluding hydrogens is 318 g/mol. The maximum absolute atomic E-state index is 12.7. The molecule has 1 aromatic carbocycles. The van der Waals surface area contributed by atoms with E-state index in [0.717, 1.165) is 37.0 Å². The van der Waals surface area contributed by atoms with Crippen molar-refractivity contribution < 1.29 is 4.79 Å². The maximum atomic E-state index is 12.7. The van der Waals surface area contributed by atoms with Gasteiger partial charge in [0.1, 0.15) is 5.78 Å². The van der Waals surface area contributed by atoms with Gasteiger partial charge >= 0.3 is 0 Å². The second-order valence-corrected chi connectivity index (χ2v) is 8.69. The Morgan fingerprint density at radius 1 is 1.04 bits per heavy atom. The third-order valence-electron chi connectivity index (χ3n) is 6.71. The maximum Gasteiger partial charge on any atom is 0.150 e. The van der Waals surface area contributed by atoms with Crippen molar-refractivity contribution in [3.8, 4) is 0 Å². The summed E-state index contributed by atoms with van der Waals surface area (Å²) < 4.78 is 0. The van der Waals surface area contributed by atoms with Gasteiger partial charge in [0.15, 0.2) is 0 Å². The monoisotopic (exact) mass is 347 g/mol. The summed E-state index contributed by atoms with van der Waals surface area (Å²) in [6, 6.07) is 10.1. The highest BCUT2D eigenvalue weighted by Gasteiger charge is 2.51. The van der Waals surface area contributed by atoms with Crippen molar-refractivity contribution >= 4 is 18.2 Å². The van der Waals surface area contributed by atoms with Gasteiger partial charge in [0.2, 0.25) is 0 Å². The number of nitrogens with two attached hydrogens (primary N) is 1. The molecule has 4 aliphatic rings. The zero-order valence-electron chi connectivity index (χ0n) is 14.5. The minimum absolute atomic E-state index is 0. The van der Waals surface area contributed by atoms with E-state index >= 15 is 0 Å². The van der Waals surface area contributed by atoms with Gasteiger partial charge in [-0.1, -0.05) is 30.3 Å². The minimum atomic E-state index is -0.275. The van der Waals surface area contributed by atoms with Gasteiger partial charge in [0.05, 0.1) is 6.04 Å². The average molecular weight is 348 g/mol. The van der Waals surface area contributed by atoms with Crippen LogP contribution in [0.25, 0.3) is 0 Å². The van der Waals surface area contributed by atoms with Crippen molar-refractivity contribution in [2.45, 2.75) is 63.8 Å². The van der Waals surface area contributed by atoms with Gasteiger partial charge in [-0.2, -0.15) is 0 Å². The van der Waals surface area contributed by atoms with E-state index < -0.39 is 0 Å². The van der Waals surface area contributed by atoms with Crippen molar-refractivity contribution in [2.75, 3.05) is 0 Å². The highest BCUT2D eigenvalue weighted by Crippen LogP contribution is 2.61. The molecule has 0 aromatic heterocycles. The summed E-state index contributed by atoms with van der Waals surface area (Å²) in [5.41, 5.74) is 7.86. The van der Waals surface area contributed by atoms with Gasteiger partial charge in [0.25, 0.3) is 0 Å². The molecule has 132 valence electrons. The van der Waals surface area contributed by atoms with Gasteiger partial charge in [0, 0.05) is 6.42 Å². The molecule has 4 fully saturated rings. The van der Waals surface area contributed by atoms with E-state index in [2.05, 4.69) is 24.3 Å². The van der Waals surface area contributed by atoms with Crippen molar-refractivity contribution in [2.24, 2.45) is 28.9 Å². The first-order chi connectivity index (χ1) is 11.1. The SMILES string of the molecule is Cl.N[C@@H](CCc1ccccc1)C(=O)CC12CC3CC(CC(C3)C1)C2. The molecule has 3 heteroatoms. The zero-order valence-corrected chi connectivity index (χ0v) is 15.3. The Kier molecular flexibility index (Phi) is 5.36. The third kappa shape index (κ3) is 3.70. The van der Waals surface area contributed by atoms with E-state index in [1.165, 1.54) is 44.1 Å². The molecule has 4 aliphatic carbocycles. The second-order valence-electron chi connectivity index (χ2n) is 8.69. The Labute approximate surface area is 152 Å². The van der Waals surface area contributed by atoms with Crippen LogP contribution in [0, 0.1) is 23.2 Å². The van der Waals surface area contributed by atoms with Crippen LogP contribution in [0.3, 0.4) is 0 Å². The molecule has 2 nitrogen and oxygen atoms in total. The lowest BCUT2D eigenvalue weighted by Crippen LogP contribution is -2.48. The van der Waals surface area contributed by atoms with Gasteiger partial charge < -0.3 is 5.73 Å². The molecule has 0 aliphatic heterocycles. The molecule has 24 heavy (non-hydrogen) atoms. The van der Waals surface area contributed by atoms with Crippen molar-refractivity contribution in [1.82, 2.24) is 0 Å². The van der Waals surface area contributed by atoms with Crippen molar-refractivity contribution in [1.29, 1.82) is 0 Å². The Hall–Kier alpha value is -0.860. The van der Waals surface area contributed by atoms with Crippen LogP contribution >= 0.6 is 12.4 Å². The molecule has 0 heterocycles. The molecule has 0 spiro atoms. The Morgan fingerprint density at radius 3 is 2.12 bits per heavy atom. The standard InChI is InChI=1S/C21H29NO.ClH/c22-19(7-6-15-4-2-1-3-5-15)20(23)14-21-11-16-8-17(12-21)10-18(9-16)13-21;/h1-5,16-19H,6-14,22H2;1H/t16?,17?,18?,19-,21?;/m0./s1. The summed E-state index contributed by atoms with van der Waals surface area (Å²) in [4.78, 5) is 12.7. The molecule has 1 aromatic rings. The largest absolute Gasteiger partial charge is 0.321 e. The quantitative estimate of drug-likeness (QED) is 0.820. The number of hydrogen-bond acceptors (Lipinski definition) is 2. The second kappa shape index (κ2) is 7.17. The van der Waals surface area contributed by atoms with Gasteiger partial charge in [-0.05, 0) is 80.1 Å². The van der Waals surface area contributed by atoms with Crippen LogP contribution in [-0.2, 0) is 11.2 Å². The summed E-state index contributed by atoms with van der Waals surface area (Å²) >= 11 is 0. The van der Waals surface area contributed by atoms with E-state index in [-0.39, 0.29) is 18.4 Å². The number of carbonyl (C=O) groups excluding carboxylic acids is 1. The average Bonchev–Trinajstić information content (AvgIpc) is 2.51. The number of ketones is 1. The first kappa shape index (κ1) is 17.9. The van der Waals surface area contributed by atoms with Crippen LogP contribution < -0.4 is 5.73 Å². The first-order valence-corrected chi connectivity index (χ1v) is 9.44. The van der Waals surface area contributed by atoms with Crippen LogP contribution in [0.4, 0.5) is 0 Å². The summed E-state index contributed by atoms with van der Waals surface area (Å²) in [7, 11) is 0. The number of halogens is 1. The number of carbonyl (C=O) groups is 1.